The number of halogens is 4. The second kappa shape index (κ2) is 11.2. The number of fused-ring (bicyclic) bond motifs is 1. The SMILES string of the molecule is O=C(O)c1ccc2nc(Cc3cc(F)c(-c4cccc(OCc5ccn(C(F)F)n5)n4)cc3F)n(CC3CCO3)c2c1. The van der Waals surface area contributed by atoms with Crippen LogP contribution in [0, 0.1) is 11.6 Å². The minimum Gasteiger partial charge on any atom is -0.478 e. The van der Waals surface area contributed by atoms with Gasteiger partial charge in [-0.25, -0.2) is 28.2 Å². The summed E-state index contributed by atoms with van der Waals surface area (Å²) in [5.41, 5.74) is 1.53. The lowest BCUT2D eigenvalue weighted by Crippen LogP contribution is -2.31. The number of hydrogen-bond acceptors (Lipinski definition) is 6. The lowest BCUT2D eigenvalue weighted by Gasteiger charge is -2.27. The number of nitrogens with zero attached hydrogens (tertiary/aromatic N) is 5. The van der Waals surface area contributed by atoms with Crippen LogP contribution in [0.2, 0.25) is 0 Å². The number of hydrogen-bond donors (Lipinski definition) is 1. The van der Waals surface area contributed by atoms with Crippen LogP contribution < -0.4 is 4.74 Å². The van der Waals surface area contributed by atoms with Crippen molar-refractivity contribution in [3.63, 3.8) is 0 Å². The summed E-state index contributed by atoms with van der Waals surface area (Å²) in [4.78, 5) is 20.4. The average Bonchev–Trinajstić information content (AvgIpc) is 3.56. The second-order valence-electron chi connectivity index (χ2n) is 9.74. The minimum absolute atomic E-state index is 0.0469. The van der Waals surface area contributed by atoms with Crippen LogP contribution in [0.4, 0.5) is 17.6 Å². The zero-order valence-corrected chi connectivity index (χ0v) is 21.9. The van der Waals surface area contributed by atoms with Gasteiger partial charge in [0, 0.05) is 30.9 Å². The van der Waals surface area contributed by atoms with Crippen molar-refractivity contribution in [1.29, 1.82) is 0 Å². The van der Waals surface area contributed by atoms with Gasteiger partial charge in [-0.3, -0.25) is 0 Å². The predicted octanol–water partition coefficient (Wildman–Crippen LogP) is 5.63. The highest BCUT2D eigenvalue weighted by molar-refractivity contribution is 5.92. The van der Waals surface area contributed by atoms with Crippen molar-refractivity contribution in [2.75, 3.05) is 6.61 Å². The molecule has 1 aliphatic rings. The Bertz CT molecular complexity index is 1780. The second-order valence-corrected chi connectivity index (χ2v) is 9.74. The monoisotopic (exact) mass is 581 g/mol. The normalized spacial score (nSPS) is 14.8. The maximum atomic E-state index is 15.4. The molecule has 0 aliphatic carbocycles. The van der Waals surface area contributed by atoms with Crippen LogP contribution in [-0.4, -0.2) is 48.1 Å². The summed E-state index contributed by atoms with van der Waals surface area (Å²) in [5.74, 6) is -1.96. The Labute approximate surface area is 236 Å². The molecule has 6 rings (SSSR count). The molecule has 1 fully saturated rings. The molecule has 3 aromatic heterocycles. The van der Waals surface area contributed by atoms with Gasteiger partial charge >= 0.3 is 12.5 Å². The first kappa shape index (κ1) is 27.4. The summed E-state index contributed by atoms with van der Waals surface area (Å²) in [6.07, 6.45) is 1.81. The fourth-order valence-electron chi connectivity index (χ4n) is 4.72. The molecule has 0 amide bonds. The first-order valence-electron chi connectivity index (χ1n) is 13.0. The summed E-state index contributed by atoms with van der Waals surface area (Å²) >= 11 is 0. The first-order chi connectivity index (χ1) is 20.2. The van der Waals surface area contributed by atoms with Gasteiger partial charge in [-0.2, -0.15) is 13.9 Å². The number of benzene rings is 2. The Hall–Kier alpha value is -4.78. The summed E-state index contributed by atoms with van der Waals surface area (Å²) in [5, 5.41) is 13.1. The predicted molar refractivity (Wildman–Crippen MR) is 141 cm³/mol. The first-order valence-corrected chi connectivity index (χ1v) is 13.0. The lowest BCUT2D eigenvalue weighted by atomic mass is 10.0. The average molecular weight is 582 g/mol. The zero-order valence-electron chi connectivity index (χ0n) is 21.9. The number of alkyl halides is 2. The Balaban J connectivity index is 1.25. The zero-order chi connectivity index (χ0) is 29.4. The topological polar surface area (TPSA) is 104 Å². The number of imidazole rings is 1. The van der Waals surface area contributed by atoms with Gasteiger partial charge in [-0.1, -0.05) is 6.07 Å². The van der Waals surface area contributed by atoms with Crippen LogP contribution in [0.3, 0.4) is 0 Å². The maximum absolute atomic E-state index is 15.4. The molecular formula is C29H23F4N5O4. The van der Waals surface area contributed by atoms with E-state index in [0.717, 1.165) is 24.8 Å². The molecule has 5 aromatic rings. The van der Waals surface area contributed by atoms with Crippen LogP contribution in [0.5, 0.6) is 5.88 Å². The standard InChI is InChI=1S/C29H23F4N5O4/c30-21-13-20(23-2-1-3-27(35-23)42-15-18-6-8-38(36-18)29(32)33)22(31)10-17(21)12-26-34-24-5-4-16(28(39)40)11-25(24)37(26)14-19-7-9-41-19/h1-6,8,10-11,13,19,29H,7,9,12,14-15H2,(H,39,40). The van der Waals surface area contributed by atoms with Gasteiger partial charge in [-0.15, -0.1) is 0 Å². The number of aromatic carboxylic acids is 1. The van der Waals surface area contributed by atoms with Crippen LogP contribution in [0.1, 0.15) is 40.4 Å². The van der Waals surface area contributed by atoms with Crippen molar-refractivity contribution < 1.29 is 36.9 Å². The van der Waals surface area contributed by atoms with Crippen molar-refractivity contribution in [3.8, 4) is 17.1 Å². The van der Waals surface area contributed by atoms with Crippen molar-refractivity contribution in [2.24, 2.45) is 0 Å². The smallest absolute Gasteiger partial charge is 0.335 e. The molecule has 0 radical (unpaired) electrons. The van der Waals surface area contributed by atoms with E-state index < -0.39 is 24.2 Å². The highest BCUT2D eigenvalue weighted by Gasteiger charge is 2.24. The van der Waals surface area contributed by atoms with Gasteiger partial charge in [0.2, 0.25) is 5.88 Å². The molecule has 1 saturated heterocycles. The van der Waals surface area contributed by atoms with E-state index in [1.807, 2.05) is 0 Å². The summed E-state index contributed by atoms with van der Waals surface area (Å²) in [6.45, 7) is -1.90. The van der Waals surface area contributed by atoms with Gasteiger partial charge < -0.3 is 19.1 Å². The van der Waals surface area contributed by atoms with E-state index in [4.69, 9.17) is 9.47 Å². The van der Waals surface area contributed by atoms with Crippen molar-refractivity contribution in [1.82, 2.24) is 24.3 Å². The summed E-state index contributed by atoms with van der Waals surface area (Å²) < 4.78 is 69.6. The molecule has 1 unspecified atom stereocenters. The van der Waals surface area contributed by atoms with E-state index in [-0.39, 0.29) is 53.1 Å². The van der Waals surface area contributed by atoms with Crippen LogP contribution >= 0.6 is 0 Å². The molecule has 1 atom stereocenters. The Morgan fingerprint density at radius 2 is 1.93 bits per heavy atom. The van der Waals surface area contributed by atoms with Gasteiger partial charge in [-0.05, 0) is 54.4 Å². The molecule has 1 aliphatic heterocycles. The fourth-order valence-corrected chi connectivity index (χ4v) is 4.72. The van der Waals surface area contributed by atoms with E-state index in [2.05, 4.69) is 15.1 Å². The summed E-state index contributed by atoms with van der Waals surface area (Å²) in [6, 6.07) is 12.6. The van der Waals surface area contributed by atoms with E-state index in [0.29, 0.717) is 34.7 Å². The van der Waals surface area contributed by atoms with E-state index in [1.165, 1.54) is 30.3 Å². The van der Waals surface area contributed by atoms with Gasteiger partial charge in [0.1, 0.15) is 29.8 Å². The number of carboxylic acids is 1. The van der Waals surface area contributed by atoms with Gasteiger partial charge in [0.05, 0.1) is 34.9 Å². The van der Waals surface area contributed by atoms with E-state index in [9.17, 15) is 18.7 Å². The Morgan fingerprint density at radius 1 is 1.10 bits per heavy atom. The third-order valence-corrected chi connectivity index (χ3v) is 6.97. The number of ether oxygens (including phenoxy) is 2. The van der Waals surface area contributed by atoms with Crippen LogP contribution in [-0.2, 0) is 24.3 Å². The summed E-state index contributed by atoms with van der Waals surface area (Å²) in [7, 11) is 0. The molecule has 9 nitrogen and oxygen atoms in total. The Kier molecular flexibility index (Phi) is 7.33. The molecule has 2 aromatic carbocycles. The third-order valence-electron chi connectivity index (χ3n) is 6.97. The molecule has 0 saturated carbocycles. The van der Waals surface area contributed by atoms with Gasteiger partial charge in [0.15, 0.2) is 0 Å². The van der Waals surface area contributed by atoms with Crippen LogP contribution in [0.25, 0.3) is 22.3 Å². The number of pyridine rings is 1. The molecular weight excluding hydrogens is 558 g/mol. The van der Waals surface area contributed by atoms with E-state index >= 15 is 8.78 Å². The lowest BCUT2D eigenvalue weighted by molar-refractivity contribution is -0.0589. The fraction of sp³-hybridized carbons (Fsp3) is 0.241. The van der Waals surface area contributed by atoms with E-state index in [1.54, 1.807) is 16.7 Å². The molecule has 13 heteroatoms. The number of rotatable bonds is 10. The van der Waals surface area contributed by atoms with Crippen LogP contribution in [0.15, 0.2) is 60.8 Å². The largest absolute Gasteiger partial charge is 0.478 e. The maximum Gasteiger partial charge on any atom is 0.335 e. The Morgan fingerprint density at radius 3 is 2.64 bits per heavy atom. The molecule has 0 bridgehead atoms. The molecule has 216 valence electrons. The minimum atomic E-state index is -2.78. The molecule has 4 heterocycles. The highest BCUT2D eigenvalue weighted by Crippen LogP contribution is 2.29. The number of carboxylic acid groups (broad SMARTS) is 1. The number of carbonyl (C=O) groups is 1. The molecule has 0 spiro atoms. The van der Waals surface area contributed by atoms with Gasteiger partial charge in [0.25, 0.3) is 0 Å². The third kappa shape index (κ3) is 5.55. The van der Waals surface area contributed by atoms with Crippen molar-refractivity contribution >= 4 is 17.0 Å². The van der Waals surface area contributed by atoms with Crippen molar-refractivity contribution in [2.45, 2.75) is 38.6 Å². The number of aromatic nitrogens is 5. The quantitative estimate of drug-likeness (QED) is 0.213. The molecule has 1 N–H and O–H groups in total. The molecule has 42 heavy (non-hydrogen) atoms. The highest BCUT2D eigenvalue weighted by atomic mass is 19.3. The van der Waals surface area contributed by atoms with Crippen molar-refractivity contribution in [3.05, 3.63) is 95.1 Å².